The largest absolute Gasteiger partial charge is 0.478 e. The molecule has 0 aliphatic rings. The van der Waals surface area contributed by atoms with E-state index in [9.17, 15) is 4.79 Å². The van der Waals surface area contributed by atoms with Crippen molar-refractivity contribution in [3.63, 3.8) is 0 Å². The monoisotopic (exact) mass is 369 g/mol. The molecule has 0 fully saturated rings. The first-order chi connectivity index (χ1) is 12.4. The van der Waals surface area contributed by atoms with Gasteiger partial charge in [0.1, 0.15) is 12.0 Å². The van der Waals surface area contributed by atoms with Crippen molar-refractivity contribution in [2.75, 3.05) is 16.4 Å². The lowest BCUT2D eigenvalue weighted by molar-refractivity contribution is 0.0697. The number of carbonyl (C=O) groups is 1. The Morgan fingerprint density at radius 3 is 2.35 bits per heavy atom. The predicted molar refractivity (Wildman–Crippen MR) is 103 cm³/mol. The van der Waals surface area contributed by atoms with Gasteiger partial charge in [-0.05, 0) is 55.0 Å². The fourth-order valence-corrected chi connectivity index (χ4v) is 2.55. The summed E-state index contributed by atoms with van der Waals surface area (Å²) in [7, 11) is 0. The van der Waals surface area contributed by atoms with Crippen LogP contribution in [0.25, 0.3) is 0 Å². The number of nitrogens with one attached hydrogen (secondary N) is 2. The number of carboxylic acid groups (broad SMARTS) is 1. The van der Waals surface area contributed by atoms with Crippen LogP contribution >= 0.6 is 11.6 Å². The summed E-state index contributed by atoms with van der Waals surface area (Å²) in [6.07, 6.45) is 1.39. The standard InChI is InChI=1S/C18H16ClN5O2/c1-10-8-12(19)4-7-14(10)24-17-15(20)16(21-9-22-17)23-13-5-2-11(3-6-13)18(25)26/h2-9H,20H2,1H3,(H,25,26)(H2,21,22,23,24). The molecule has 132 valence electrons. The van der Waals surface area contributed by atoms with E-state index in [1.54, 1.807) is 18.2 Å². The first-order valence-corrected chi connectivity index (χ1v) is 8.06. The average molecular weight is 370 g/mol. The van der Waals surface area contributed by atoms with Gasteiger partial charge >= 0.3 is 5.97 Å². The Kier molecular flexibility index (Phi) is 4.90. The molecule has 0 radical (unpaired) electrons. The van der Waals surface area contributed by atoms with Gasteiger partial charge in [-0.2, -0.15) is 0 Å². The maximum Gasteiger partial charge on any atom is 0.335 e. The second-order valence-corrected chi connectivity index (χ2v) is 6.01. The molecular formula is C18H16ClN5O2. The predicted octanol–water partition coefficient (Wildman–Crippen LogP) is 4.21. The molecule has 0 bridgehead atoms. The average Bonchev–Trinajstić information content (AvgIpc) is 2.61. The number of carboxylic acids is 1. The maximum atomic E-state index is 10.9. The third kappa shape index (κ3) is 3.84. The minimum atomic E-state index is -0.983. The van der Waals surface area contributed by atoms with Crippen LogP contribution in [0.2, 0.25) is 5.02 Å². The Bertz CT molecular complexity index is 960. The molecule has 1 heterocycles. The van der Waals surface area contributed by atoms with Crippen LogP contribution < -0.4 is 16.4 Å². The van der Waals surface area contributed by atoms with Gasteiger partial charge < -0.3 is 21.5 Å². The number of rotatable bonds is 5. The van der Waals surface area contributed by atoms with Crippen LogP contribution in [0.5, 0.6) is 0 Å². The van der Waals surface area contributed by atoms with Crippen LogP contribution in [0.4, 0.5) is 28.7 Å². The van der Waals surface area contributed by atoms with Crippen LogP contribution in [0.1, 0.15) is 15.9 Å². The van der Waals surface area contributed by atoms with Crippen molar-refractivity contribution in [3.8, 4) is 0 Å². The molecule has 1 aromatic heterocycles. The van der Waals surface area contributed by atoms with Gasteiger partial charge in [0.25, 0.3) is 0 Å². The minimum Gasteiger partial charge on any atom is -0.478 e. The molecule has 7 nitrogen and oxygen atoms in total. The van der Waals surface area contributed by atoms with Gasteiger partial charge in [-0.25, -0.2) is 14.8 Å². The number of aromatic nitrogens is 2. The summed E-state index contributed by atoms with van der Waals surface area (Å²) in [6, 6.07) is 11.7. The first kappa shape index (κ1) is 17.5. The number of nitrogens with zero attached hydrogens (tertiary/aromatic N) is 2. The molecule has 3 rings (SSSR count). The van der Waals surface area contributed by atoms with Crippen molar-refractivity contribution < 1.29 is 9.90 Å². The van der Waals surface area contributed by atoms with Gasteiger partial charge in [-0.1, -0.05) is 11.6 Å². The van der Waals surface area contributed by atoms with Crippen LogP contribution in [0.3, 0.4) is 0 Å². The van der Waals surface area contributed by atoms with Crippen LogP contribution in [-0.4, -0.2) is 21.0 Å². The molecule has 5 N–H and O–H groups in total. The molecule has 0 unspecified atom stereocenters. The molecule has 0 amide bonds. The SMILES string of the molecule is Cc1cc(Cl)ccc1Nc1ncnc(Nc2ccc(C(=O)O)cc2)c1N. The number of anilines is 5. The lowest BCUT2D eigenvalue weighted by Crippen LogP contribution is -2.06. The van der Waals surface area contributed by atoms with E-state index in [4.69, 9.17) is 22.4 Å². The zero-order chi connectivity index (χ0) is 18.7. The second-order valence-electron chi connectivity index (χ2n) is 5.58. The smallest absolute Gasteiger partial charge is 0.335 e. The van der Waals surface area contributed by atoms with Crippen LogP contribution in [0.15, 0.2) is 48.8 Å². The number of nitrogen functional groups attached to an aromatic ring is 1. The van der Waals surface area contributed by atoms with Crippen LogP contribution in [-0.2, 0) is 0 Å². The molecule has 3 aromatic rings. The molecule has 0 saturated heterocycles. The van der Waals surface area contributed by atoms with Crippen molar-refractivity contribution >= 4 is 46.3 Å². The lowest BCUT2D eigenvalue weighted by Gasteiger charge is -2.14. The van der Waals surface area contributed by atoms with Crippen LogP contribution in [0, 0.1) is 6.92 Å². The number of aryl methyl sites for hydroxylation is 1. The molecule has 8 heteroatoms. The van der Waals surface area contributed by atoms with Crippen molar-refractivity contribution in [1.29, 1.82) is 0 Å². The number of hydrogen-bond donors (Lipinski definition) is 4. The number of benzene rings is 2. The molecule has 0 aliphatic heterocycles. The fourth-order valence-electron chi connectivity index (χ4n) is 2.32. The van der Waals surface area contributed by atoms with E-state index >= 15 is 0 Å². The van der Waals surface area contributed by atoms with Crippen molar-refractivity contribution in [2.24, 2.45) is 0 Å². The van der Waals surface area contributed by atoms with E-state index in [-0.39, 0.29) is 5.56 Å². The first-order valence-electron chi connectivity index (χ1n) is 7.68. The van der Waals surface area contributed by atoms with Gasteiger partial charge in [-0.15, -0.1) is 0 Å². The van der Waals surface area contributed by atoms with E-state index in [0.717, 1.165) is 11.3 Å². The molecule has 0 spiro atoms. The molecule has 0 aliphatic carbocycles. The summed E-state index contributed by atoms with van der Waals surface area (Å²) in [4.78, 5) is 19.2. The molecular weight excluding hydrogens is 354 g/mol. The number of halogens is 1. The van der Waals surface area contributed by atoms with E-state index < -0.39 is 5.97 Å². The fraction of sp³-hybridized carbons (Fsp3) is 0.0556. The summed E-state index contributed by atoms with van der Waals surface area (Å²) in [5, 5.41) is 15.8. The zero-order valence-electron chi connectivity index (χ0n) is 13.8. The second kappa shape index (κ2) is 7.28. The van der Waals surface area contributed by atoms with Gasteiger partial charge in [0.15, 0.2) is 11.6 Å². The number of nitrogens with two attached hydrogens (primary N) is 1. The highest BCUT2D eigenvalue weighted by Crippen LogP contribution is 2.30. The minimum absolute atomic E-state index is 0.201. The van der Waals surface area contributed by atoms with Gasteiger partial charge in [0, 0.05) is 16.4 Å². The third-order valence-electron chi connectivity index (χ3n) is 3.72. The van der Waals surface area contributed by atoms with Gasteiger partial charge in [0.05, 0.1) is 5.56 Å². The van der Waals surface area contributed by atoms with Crippen molar-refractivity contribution in [2.45, 2.75) is 6.92 Å². The summed E-state index contributed by atoms with van der Waals surface area (Å²) in [5.41, 5.74) is 9.15. The Morgan fingerprint density at radius 1 is 1.08 bits per heavy atom. The third-order valence-corrected chi connectivity index (χ3v) is 3.96. The van der Waals surface area contributed by atoms with E-state index in [2.05, 4.69) is 20.6 Å². The Hall–Kier alpha value is -3.32. The van der Waals surface area contributed by atoms with Gasteiger partial charge in [-0.3, -0.25) is 0 Å². The van der Waals surface area contributed by atoms with Crippen molar-refractivity contribution in [3.05, 3.63) is 64.9 Å². The quantitative estimate of drug-likeness (QED) is 0.532. The molecule has 0 saturated carbocycles. The summed E-state index contributed by atoms with van der Waals surface area (Å²) < 4.78 is 0. The molecule has 0 atom stereocenters. The van der Waals surface area contributed by atoms with Crippen molar-refractivity contribution in [1.82, 2.24) is 9.97 Å². The van der Waals surface area contributed by atoms with Gasteiger partial charge in [0.2, 0.25) is 0 Å². The molecule has 2 aromatic carbocycles. The highest BCUT2D eigenvalue weighted by Gasteiger charge is 2.10. The number of aromatic carboxylic acids is 1. The Labute approximate surface area is 154 Å². The Morgan fingerprint density at radius 2 is 1.73 bits per heavy atom. The molecule has 26 heavy (non-hydrogen) atoms. The number of hydrogen-bond acceptors (Lipinski definition) is 6. The highest BCUT2D eigenvalue weighted by atomic mass is 35.5. The Balaban J connectivity index is 1.83. The lowest BCUT2D eigenvalue weighted by atomic mass is 10.2. The summed E-state index contributed by atoms with van der Waals surface area (Å²) in [6.45, 7) is 1.93. The van der Waals surface area contributed by atoms with E-state index in [1.165, 1.54) is 18.5 Å². The van der Waals surface area contributed by atoms with E-state index in [1.807, 2.05) is 19.1 Å². The zero-order valence-corrected chi connectivity index (χ0v) is 14.6. The highest BCUT2D eigenvalue weighted by molar-refractivity contribution is 6.30. The maximum absolute atomic E-state index is 10.9. The normalized spacial score (nSPS) is 10.4. The summed E-state index contributed by atoms with van der Waals surface area (Å²) in [5.74, 6) is -0.116. The summed E-state index contributed by atoms with van der Waals surface area (Å²) >= 11 is 5.97. The topological polar surface area (TPSA) is 113 Å². The van der Waals surface area contributed by atoms with E-state index in [0.29, 0.717) is 28.0 Å².